The molecule has 0 bridgehead atoms. The van der Waals surface area contributed by atoms with E-state index in [2.05, 4.69) is 10.1 Å². The van der Waals surface area contributed by atoms with Gasteiger partial charge in [-0.05, 0) is 13.8 Å². The Morgan fingerprint density at radius 3 is 2.21 bits per heavy atom. The van der Waals surface area contributed by atoms with Crippen molar-refractivity contribution < 1.29 is 5.11 Å². The monoisotopic (exact) mass is 367 g/mol. The largest absolute Gasteiger partial charge is 0.386 e. The van der Waals surface area contributed by atoms with Gasteiger partial charge in [0.1, 0.15) is 23.1 Å². The van der Waals surface area contributed by atoms with E-state index in [0.29, 0.717) is 0 Å². The summed E-state index contributed by atoms with van der Waals surface area (Å²) >= 11 is 29.8. The Hall–Kier alpha value is 0.550. The van der Waals surface area contributed by atoms with Crippen molar-refractivity contribution in [2.24, 2.45) is 0 Å². The zero-order valence-electron chi connectivity index (χ0n) is 10.3. The van der Waals surface area contributed by atoms with Gasteiger partial charge in [-0.2, -0.15) is 5.10 Å². The summed E-state index contributed by atoms with van der Waals surface area (Å²) in [6, 6.07) is 0. The topological polar surface area (TPSA) is 50.9 Å². The van der Waals surface area contributed by atoms with Gasteiger partial charge in [0, 0.05) is 6.42 Å². The summed E-state index contributed by atoms with van der Waals surface area (Å²) in [5, 5.41) is 14.7. The molecule has 0 aliphatic heterocycles. The molecule has 0 spiro atoms. The Labute approximate surface area is 136 Å². The Morgan fingerprint density at radius 1 is 1.26 bits per heavy atom. The maximum absolute atomic E-state index is 10.8. The summed E-state index contributed by atoms with van der Waals surface area (Å²) in [7, 11) is 0. The smallest absolute Gasteiger partial charge is 0.151 e. The molecule has 1 unspecified atom stereocenters. The summed E-state index contributed by atoms with van der Waals surface area (Å²) in [5.74, 6) is 0. The minimum absolute atomic E-state index is 0.0607. The molecule has 110 valence electrons. The normalized spacial score (nSPS) is 16.7. The van der Waals surface area contributed by atoms with Crippen LogP contribution in [0.25, 0.3) is 0 Å². The molecule has 1 rings (SSSR count). The lowest BCUT2D eigenvalue weighted by Gasteiger charge is -2.41. The highest BCUT2D eigenvalue weighted by molar-refractivity contribution is 6.59. The second-order valence-corrected chi connectivity index (χ2v) is 8.42. The summed E-state index contributed by atoms with van der Waals surface area (Å²) in [5.41, 5.74) is -1.48. The molecule has 0 aliphatic carbocycles. The zero-order valence-corrected chi connectivity index (χ0v) is 14.1. The van der Waals surface area contributed by atoms with Gasteiger partial charge in [-0.25, -0.2) is 4.98 Å². The van der Waals surface area contributed by atoms with Gasteiger partial charge in [-0.15, -0.1) is 34.8 Å². The number of nitrogens with zero attached hydrogens (tertiary/aromatic N) is 3. The van der Waals surface area contributed by atoms with E-state index in [0.717, 1.165) is 0 Å². The number of aromatic nitrogens is 3. The second-order valence-electron chi connectivity index (χ2n) is 4.84. The Bertz CT molecular complexity index is 404. The number of rotatable bonds is 6. The number of hydrogen-bond donors (Lipinski definition) is 1. The van der Waals surface area contributed by atoms with Crippen LogP contribution in [0.4, 0.5) is 0 Å². The fourth-order valence-electron chi connectivity index (χ4n) is 1.50. The van der Waals surface area contributed by atoms with E-state index in [4.69, 9.17) is 58.0 Å². The van der Waals surface area contributed by atoms with Crippen LogP contribution in [-0.2, 0) is 6.54 Å². The van der Waals surface area contributed by atoms with Crippen molar-refractivity contribution in [1.29, 1.82) is 0 Å². The van der Waals surface area contributed by atoms with Gasteiger partial charge in [-0.1, -0.05) is 23.2 Å². The molecule has 1 aromatic rings. The lowest BCUT2D eigenvalue weighted by Crippen LogP contribution is -2.53. The maximum atomic E-state index is 10.8. The van der Waals surface area contributed by atoms with E-state index in [1.165, 1.54) is 17.3 Å². The van der Waals surface area contributed by atoms with Crippen LogP contribution in [0.3, 0.4) is 0 Å². The highest BCUT2D eigenvalue weighted by atomic mass is 35.5. The molecule has 19 heavy (non-hydrogen) atoms. The molecule has 1 heterocycles. The summed E-state index contributed by atoms with van der Waals surface area (Å²) < 4.78 is -0.101. The molecular weight excluding hydrogens is 355 g/mol. The fourth-order valence-corrected chi connectivity index (χ4v) is 2.23. The molecule has 0 aromatic carbocycles. The van der Waals surface area contributed by atoms with Gasteiger partial charge in [0.05, 0.1) is 11.4 Å². The van der Waals surface area contributed by atoms with Gasteiger partial charge in [0.25, 0.3) is 0 Å². The van der Waals surface area contributed by atoms with Crippen molar-refractivity contribution in [3.8, 4) is 0 Å². The quantitative estimate of drug-likeness (QED) is 0.782. The van der Waals surface area contributed by atoms with Crippen molar-refractivity contribution >= 4 is 58.0 Å². The number of alkyl halides is 5. The number of hydrogen-bond acceptors (Lipinski definition) is 3. The van der Waals surface area contributed by atoms with Crippen LogP contribution in [-0.4, -0.2) is 39.5 Å². The molecule has 1 atom stereocenters. The van der Waals surface area contributed by atoms with E-state index in [-0.39, 0.29) is 13.0 Å². The first-order chi connectivity index (χ1) is 8.48. The van der Waals surface area contributed by atoms with Crippen molar-refractivity contribution in [1.82, 2.24) is 14.8 Å². The third kappa shape index (κ3) is 4.51. The van der Waals surface area contributed by atoms with Crippen LogP contribution in [0.1, 0.15) is 20.3 Å². The van der Waals surface area contributed by atoms with E-state index >= 15 is 0 Å². The SMILES string of the molecule is CC(C)(Cl)C(O)(Cn1cncn1)CC(Cl)(Cl)C(Cl)Cl. The Kier molecular flexibility index (Phi) is 5.67. The Balaban J connectivity index is 3.01. The highest BCUT2D eigenvalue weighted by Gasteiger charge is 2.50. The third-order valence-electron chi connectivity index (χ3n) is 2.84. The van der Waals surface area contributed by atoms with Gasteiger partial charge in [0.15, 0.2) is 4.33 Å². The van der Waals surface area contributed by atoms with E-state index < -0.39 is 19.6 Å². The van der Waals surface area contributed by atoms with Gasteiger partial charge >= 0.3 is 0 Å². The molecule has 0 saturated heterocycles. The third-order valence-corrected chi connectivity index (χ3v) is 5.09. The van der Waals surface area contributed by atoms with Crippen LogP contribution in [0.2, 0.25) is 0 Å². The highest BCUT2D eigenvalue weighted by Crippen LogP contribution is 2.44. The number of aliphatic hydroxyl groups is 1. The summed E-state index contributed by atoms with van der Waals surface area (Å²) in [4.78, 5) is 1.70. The zero-order chi connectivity index (χ0) is 14.9. The minimum Gasteiger partial charge on any atom is -0.386 e. The van der Waals surface area contributed by atoms with E-state index in [1.54, 1.807) is 13.8 Å². The lowest BCUT2D eigenvalue weighted by atomic mass is 9.85. The molecule has 0 aliphatic rings. The minimum atomic E-state index is -1.54. The van der Waals surface area contributed by atoms with Crippen molar-refractivity contribution in [2.45, 2.75) is 46.5 Å². The average molecular weight is 370 g/mol. The van der Waals surface area contributed by atoms with Crippen molar-refractivity contribution in [2.75, 3.05) is 0 Å². The molecule has 0 radical (unpaired) electrons. The molecule has 0 saturated carbocycles. The van der Waals surface area contributed by atoms with Crippen LogP contribution in [0.15, 0.2) is 12.7 Å². The summed E-state index contributed by atoms with van der Waals surface area (Å²) in [6.45, 7) is 3.35. The molecule has 0 fully saturated rings. The Morgan fingerprint density at radius 2 is 1.84 bits per heavy atom. The molecule has 9 heteroatoms. The predicted molar refractivity (Wildman–Crippen MR) is 79.5 cm³/mol. The van der Waals surface area contributed by atoms with Crippen LogP contribution >= 0.6 is 58.0 Å². The lowest BCUT2D eigenvalue weighted by molar-refractivity contribution is -0.0216. The predicted octanol–water partition coefficient (Wildman–Crippen LogP) is 3.39. The fraction of sp³-hybridized carbons (Fsp3) is 0.800. The van der Waals surface area contributed by atoms with Crippen molar-refractivity contribution in [3.63, 3.8) is 0 Å². The number of halogens is 5. The standard InChI is InChI=1S/C10H14Cl5N3O/c1-8(2,13)9(19,3-10(14,15)7(11)12)4-18-6-16-5-17-18/h5-7,19H,3-4H2,1-2H3. The molecule has 4 nitrogen and oxygen atoms in total. The second kappa shape index (κ2) is 6.12. The first-order valence-electron chi connectivity index (χ1n) is 5.38. The van der Waals surface area contributed by atoms with Gasteiger partial charge in [0.2, 0.25) is 0 Å². The first-order valence-corrected chi connectivity index (χ1v) is 7.38. The summed E-state index contributed by atoms with van der Waals surface area (Å²) in [6.07, 6.45) is 2.68. The molecular formula is C10H14Cl5N3O. The van der Waals surface area contributed by atoms with Gasteiger partial charge in [-0.3, -0.25) is 4.68 Å². The van der Waals surface area contributed by atoms with E-state index in [1.807, 2.05) is 0 Å². The average Bonchev–Trinajstić information content (AvgIpc) is 2.67. The van der Waals surface area contributed by atoms with Crippen molar-refractivity contribution in [3.05, 3.63) is 12.7 Å². The molecule has 1 aromatic heterocycles. The molecule has 1 N–H and O–H groups in total. The molecule has 0 amide bonds. The first kappa shape index (κ1) is 17.6. The van der Waals surface area contributed by atoms with Crippen LogP contribution in [0, 0.1) is 0 Å². The maximum Gasteiger partial charge on any atom is 0.151 e. The van der Waals surface area contributed by atoms with Gasteiger partial charge < -0.3 is 5.11 Å². The van der Waals surface area contributed by atoms with Crippen LogP contribution in [0.5, 0.6) is 0 Å². The van der Waals surface area contributed by atoms with E-state index in [9.17, 15) is 5.11 Å². The van der Waals surface area contributed by atoms with Crippen LogP contribution < -0.4 is 0 Å².